The average Bonchev–Trinajstić information content (AvgIpc) is 3.10. The number of benzene rings is 2. The molecule has 0 bridgehead atoms. The van der Waals surface area contributed by atoms with Crippen LogP contribution in [0, 0.1) is 0 Å². The summed E-state index contributed by atoms with van der Waals surface area (Å²) in [6.07, 6.45) is 3.92. The molecule has 0 saturated carbocycles. The van der Waals surface area contributed by atoms with Crippen LogP contribution in [-0.4, -0.2) is 28.6 Å². The molecule has 138 valence electrons. The fraction of sp³-hybridized carbons (Fsp3) is 0.273. The molecule has 0 aliphatic carbocycles. The van der Waals surface area contributed by atoms with Gasteiger partial charge in [0.2, 0.25) is 0 Å². The Hall–Kier alpha value is -3.08. The second-order valence-corrected chi connectivity index (χ2v) is 6.72. The molecule has 0 atom stereocenters. The van der Waals surface area contributed by atoms with Gasteiger partial charge in [-0.25, -0.2) is 9.97 Å². The average molecular weight is 360 g/mol. The normalized spacial score (nSPS) is 11.2. The van der Waals surface area contributed by atoms with E-state index in [0.29, 0.717) is 0 Å². The SMILES string of the molecule is CCCCN(Cc1ccccc1)c1ncnc2c1[nH]c1ccc(OC)cc12. The van der Waals surface area contributed by atoms with Crippen molar-refractivity contribution >= 4 is 27.8 Å². The smallest absolute Gasteiger partial charge is 0.156 e. The highest BCUT2D eigenvalue weighted by Crippen LogP contribution is 2.32. The van der Waals surface area contributed by atoms with E-state index in [2.05, 4.69) is 51.0 Å². The van der Waals surface area contributed by atoms with E-state index in [4.69, 9.17) is 4.74 Å². The van der Waals surface area contributed by atoms with Crippen LogP contribution in [0.15, 0.2) is 54.9 Å². The molecular weight excluding hydrogens is 336 g/mol. The highest BCUT2D eigenvalue weighted by atomic mass is 16.5. The van der Waals surface area contributed by atoms with Crippen LogP contribution in [0.2, 0.25) is 0 Å². The monoisotopic (exact) mass is 360 g/mol. The van der Waals surface area contributed by atoms with Gasteiger partial charge >= 0.3 is 0 Å². The highest BCUT2D eigenvalue weighted by Gasteiger charge is 2.16. The first-order valence-corrected chi connectivity index (χ1v) is 9.39. The maximum absolute atomic E-state index is 5.38. The van der Waals surface area contributed by atoms with Crippen molar-refractivity contribution in [2.24, 2.45) is 0 Å². The van der Waals surface area contributed by atoms with Crippen molar-refractivity contribution in [3.05, 3.63) is 60.4 Å². The molecule has 0 radical (unpaired) electrons. The molecule has 4 aromatic rings. The van der Waals surface area contributed by atoms with Crippen LogP contribution in [0.1, 0.15) is 25.3 Å². The lowest BCUT2D eigenvalue weighted by Gasteiger charge is -2.24. The van der Waals surface area contributed by atoms with E-state index >= 15 is 0 Å². The van der Waals surface area contributed by atoms with E-state index < -0.39 is 0 Å². The number of aromatic amines is 1. The van der Waals surface area contributed by atoms with Gasteiger partial charge in [-0.1, -0.05) is 43.7 Å². The summed E-state index contributed by atoms with van der Waals surface area (Å²) in [4.78, 5) is 15.1. The summed E-state index contributed by atoms with van der Waals surface area (Å²) in [6, 6.07) is 16.6. The molecule has 0 saturated heterocycles. The molecule has 2 aromatic heterocycles. The van der Waals surface area contributed by atoms with Crippen molar-refractivity contribution in [1.29, 1.82) is 0 Å². The van der Waals surface area contributed by atoms with Crippen LogP contribution >= 0.6 is 0 Å². The quantitative estimate of drug-likeness (QED) is 0.508. The Morgan fingerprint density at radius 2 is 1.93 bits per heavy atom. The van der Waals surface area contributed by atoms with Gasteiger partial charge in [0.25, 0.3) is 0 Å². The van der Waals surface area contributed by atoms with Gasteiger partial charge in [-0.15, -0.1) is 0 Å². The van der Waals surface area contributed by atoms with E-state index in [-0.39, 0.29) is 0 Å². The van der Waals surface area contributed by atoms with E-state index in [1.54, 1.807) is 13.4 Å². The molecule has 1 N–H and O–H groups in total. The number of methoxy groups -OCH3 is 1. The lowest BCUT2D eigenvalue weighted by molar-refractivity contribution is 0.415. The maximum atomic E-state index is 5.38. The Morgan fingerprint density at radius 1 is 1.07 bits per heavy atom. The largest absolute Gasteiger partial charge is 0.497 e. The number of anilines is 1. The zero-order chi connectivity index (χ0) is 18.6. The van der Waals surface area contributed by atoms with Crippen molar-refractivity contribution in [3.63, 3.8) is 0 Å². The Labute approximate surface area is 159 Å². The fourth-order valence-corrected chi connectivity index (χ4v) is 3.44. The molecule has 0 aliphatic heterocycles. The van der Waals surface area contributed by atoms with Crippen LogP contribution in [0.3, 0.4) is 0 Å². The molecule has 4 rings (SSSR count). The van der Waals surface area contributed by atoms with Crippen molar-refractivity contribution in [1.82, 2.24) is 15.0 Å². The minimum absolute atomic E-state index is 0.825. The molecule has 0 spiro atoms. The van der Waals surface area contributed by atoms with Crippen LogP contribution in [0.5, 0.6) is 5.75 Å². The van der Waals surface area contributed by atoms with E-state index in [9.17, 15) is 0 Å². The second-order valence-electron chi connectivity index (χ2n) is 6.72. The fourth-order valence-electron chi connectivity index (χ4n) is 3.44. The first-order chi connectivity index (χ1) is 13.3. The van der Waals surface area contributed by atoms with Gasteiger partial charge < -0.3 is 14.6 Å². The molecule has 27 heavy (non-hydrogen) atoms. The van der Waals surface area contributed by atoms with Crippen molar-refractivity contribution in [2.45, 2.75) is 26.3 Å². The standard InChI is InChI=1S/C22H24N4O/c1-3-4-12-26(14-16-8-6-5-7-9-16)22-21-20(23-15-24-22)18-13-17(27-2)10-11-19(18)25-21/h5-11,13,15,25H,3-4,12,14H2,1-2H3. The number of H-pyrrole nitrogens is 1. The molecule has 0 amide bonds. The zero-order valence-corrected chi connectivity index (χ0v) is 15.8. The molecule has 0 fully saturated rings. The lowest BCUT2D eigenvalue weighted by Crippen LogP contribution is -2.25. The maximum Gasteiger partial charge on any atom is 0.156 e. The number of ether oxygens (including phenoxy) is 1. The number of fused-ring (bicyclic) bond motifs is 3. The van der Waals surface area contributed by atoms with Crippen LogP contribution in [-0.2, 0) is 6.54 Å². The van der Waals surface area contributed by atoms with Gasteiger partial charge in [0.1, 0.15) is 23.1 Å². The molecule has 0 aliphatic rings. The molecule has 2 aromatic carbocycles. The van der Waals surface area contributed by atoms with Crippen molar-refractivity contribution in [3.8, 4) is 5.75 Å². The molecule has 2 heterocycles. The minimum atomic E-state index is 0.825. The van der Waals surface area contributed by atoms with Gasteiger partial charge in [-0.05, 0) is 30.2 Å². The summed E-state index contributed by atoms with van der Waals surface area (Å²) in [5.41, 5.74) is 4.23. The minimum Gasteiger partial charge on any atom is -0.497 e. The zero-order valence-electron chi connectivity index (χ0n) is 15.8. The highest BCUT2D eigenvalue weighted by molar-refractivity contribution is 6.08. The van der Waals surface area contributed by atoms with Gasteiger partial charge in [-0.3, -0.25) is 0 Å². The van der Waals surface area contributed by atoms with E-state index in [1.165, 1.54) is 5.56 Å². The number of hydrogen-bond donors (Lipinski definition) is 1. The van der Waals surface area contributed by atoms with Crippen LogP contribution in [0.4, 0.5) is 5.82 Å². The summed E-state index contributed by atoms with van der Waals surface area (Å²) < 4.78 is 5.38. The summed E-state index contributed by atoms with van der Waals surface area (Å²) in [5.74, 6) is 1.78. The molecule has 5 heteroatoms. The van der Waals surface area contributed by atoms with Crippen molar-refractivity contribution < 1.29 is 4.74 Å². The van der Waals surface area contributed by atoms with Gasteiger partial charge in [-0.2, -0.15) is 0 Å². The number of hydrogen-bond acceptors (Lipinski definition) is 4. The molecule has 5 nitrogen and oxygen atoms in total. The Balaban J connectivity index is 1.81. The Bertz CT molecular complexity index is 1040. The topological polar surface area (TPSA) is 54.0 Å². The summed E-state index contributed by atoms with van der Waals surface area (Å²) in [6.45, 7) is 3.99. The number of aromatic nitrogens is 3. The van der Waals surface area contributed by atoms with Gasteiger partial charge in [0, 0.05) is 24.0 Å². The van der Waals surface area contributed by atoms with Crippen LogP contribution in [0.25, 0.3) is 21.9 Å². The second kappa shape index (κ2) is 7.66. The number of unbranched alkanes of at least 4 members (excludes halogenated alkanes) is 1. The first-order valence-electron chi connectivity index (χ1n) is 9.39. The molecule has 0 unspecified atom stereocenters. The van der Waals surface area contributed by atoms with E-state index in [1.807, 2.05) is 24.3 Å². The third-order valence-electron chi connectivity index (χ3n) is 4.87. The Morgan fingerprint density at radius 3 is 2.70 bits per heavy atom. The number of nitrogens with one attached hydrogen (secondary N) is 1. The first kappa shape index (κ1) is 17.3. The van der Waals surface area contributed by atoms with Crippen molar-refractivity contribution in [2.75, 3.05) is 18.6 Å². The Kier molecular flexibility index (Phi) is 4.92. The third kappa shape index (κ3) is 3.45. The predicted molar refractivity (Wildman–Crippen MR) is 110 cm³/mol. The molecular formula is C22H24N4O. The van der Waals surface area contributed by atoms with E-state index in [0.717, 1.165) is 59.4 Å². The predicted octanol–water partition coefficient (Wildman–Crippen LogP) is 4.93. The third-order valence-corrected chi connectivity index (χ3v) is 4.87. The number of rotatable bonds is 7. The summed E-state index contributed by atoms with van der Waals surface area (Å²) in [5, 5.41) is 1.06. The number of nitrogens with zero attached hydrogens (tertiary/aromatic N) is 3. The summed E-state index contributed by atoms with van der Waals surface area (Å²) in [7, 11) is 1.68. The van der Waals surface area contributed by atoms with Crippen LogP contribution < -0.4 is 9.64 Å². The summed E-state index contributed by atoms with van der Waals surface area (Å²) >= 11 is 0. The lowest BCUT2D eigenvalue weighted by atomic mass is 10.2. The van der Waals surface area contributed by atoms with Gasteiger partial charge in [0.05, 0.1) is 7.11 Å². The van der Waals surface area contributed by atoms with Gasteiger partial charge in [0.15, 0.2) is 5.82 Å².